The van der Waals surface area contributed by atoms with Gasteiger partial charge in [0.2, 0.25) is 5.91 Å². The summed E-state index contributed by atoms with van der Waals surface area (Å²) in [6.45, 7) is 6.54. The molecule has 0 radical (unpaired) electrons. The molecule has 3 aromatic rings. The summed E-state index contributed by atoms with van der Waals surface area (Å²) in [6.07, 6.45) is 0. The van der Waals surface area contributed by atoms with E-state index < -0.39 is 0 Å². The van der Waals surface area contributed by atoms with Crippen LogP contribution in [0.1, 0.15) is 16.9 Å². The van der Waals surface area contributed by atoms with Crippen molar-refractivity contribution in [3.05, 3.63) is 71.5 Å². The summed E-state index contributed by atoms with van der Waals surface area (Å²) in [4.78, 5) is 16.7. The van der Waals surface area contributed by atoms with E-state index in [9.17, 15) is 10.1 Å². The fourth-order valence-electron chi connectivity index (χ4n) is 3.80. The summed E-state index contributed by atoms with van der Waals surface area (Å²) in [5.74, 6) is 1.06. The Morgan fingerprint density at radius 1 is 1.10 bits per heavy atom. The number of carbonyl (C=O) groups excluding carboxylic acids is 1. The topological polar surface area (TPSA) is 85.4 Å². The standard InChI is InChI=1S/C24H25N5O2/c1-18-14-23(27-31-18)26-24(30)17-29-12-10-28(11-13-29)16-19-6-8-20(9-7-19)22-5-3-2-4-21(22)15-25/h2-9,14H,10-13,16-17H2,1H3,(H,26,27,30). The van der Waals surface area contributed by atoms with Crippen LogP contribution >= 0.6 is 0 Å². The first kappa shape index (κ1) is 20.8. The highest BCUT2D eigenvalue weighted by atomic mass is 16.5. The molecule has 1 N–H and O–H groups in total. The van der Waals surface area contributed by atoms with E-state index in [0.29, 0.717) is 23.7 Å². The van der Waals surface area contributed by atoms with Crippen LogP contribution in [0, 0.1) is 18.3 Å². The highest BCUT2D eigenvalue weighted by Crippen LogP contribution is 2.24. The molecule has 0 saturated carbocycles. The largest absolute Gasteiger partial charge is 0.360 e. The number of nitrogens with zero attached hydrogens (tertiary/aromatic N) is 4. The Bertz CT molecular complexity index is 1080. The molecule has 158 valence electrons. The molecule has 0 unspecified atom stereocenters. The lowest BCUT2D eigenvalue weighted by molar-refractivity contribution is -0.117. The van der Waals surface area contributed by atoms with Crippen molar-refractivity contribution in [3.8, 4) is 17.2 Å². The fraction of sp³-hybridized carbons (Fsp3) is 0.292. The number of benzene rings is 2. The van der Waals surface area contributed by atoms with Crippen molar-refractivity contribution >= 4 is 11.7 Å². The van der Waals surface area contributed by atoms with Crippen molar-refractivity contribution in [2.75, 3.05) is 38.0 Å². The number of hydrogen-bond donors (Lipinski definition) is 1. The molecule has 7 nitrogen and oxygen atoms in total. The summed E-state index contributed by atoms with van der Waals surface area (Å²) in [5.41, 5.74) is 3.95. The number of aromatic nitrogens is 1. The van der Waals surface area contributed by atoms with Gasteiger partial charge in [0, 0.05) is 38.8 Å². The van der Waals surface area contributed by atoms with Gasteiger partial charge in [0.1, 0.15) is 5.76 Å². The molecular formula is C24H25N5O2. The van der Waals surface area contributed by atoms with Crippen LogP contribution in [0.15, 0.2) is 59.1 Å². The Kier molecular flexibility index (Phi) is 6.41. The summed E-state index contributed by atoms with van der Waals surface area (Å²) in [5, 5.41) is 15.9. The van der Waals surface area contributed by atoms with Gasteiger partial charge in [0.05, 0.1) is 18.2 Å². The molecule has 0 spiro atoms. The van der Waals surface area contributed by atoms with Crippen LogP contribution in [0.5, 0.6) is 0 Å². The number of aryl methyl sites for hydroxylation is 1. The van der Waals surface area contributed by atoms with Gasteiger partial charge in [-0.2, -0.15) is 5.26 Å². The van der Waals surface area contributed by atoms with Crippen molar-refractivity contribution in [1.29, 1.82) is 5.26 Å². The summed E-state index contributed by atoms with van der Waals surface area (Å²) in [6, 6.07) is 20.0. The molecule has 1 aliphatic rings. The van der Waals surface area contributed by atoms with Crippen LogP contribution < -0.4 is 5.32 Å². The second kappa shape index (κ2) is 9.56. The van der Waals surface area contributed by atoms with Crippen LogP contribution in [0.3, 0.4) is 0 Å². The molecule has 0 aliphatic carbocycles. The zero-order chi connectivity index (χ0) is 21.6. The molecule has 1 aromatic heterocycles. The van der Waals surface area contributed by atoms with Gasteiger partial charge in [-0.25, -0.2) is 0 Å². The lowest BCUT2D eigenvalue weighted by Crippen LogP contribution is -2.48. The van der Waals surface area contributed by atoms with Gasteiger partial charge < -0.3 is 9.84 Å². The third kappa shape index (κ3) is 5.37. The van der Waals surface area contributed by atoms with E-state index in [1.54, 1.807) is 13.0 Å². The van der Waals surface area contributed by atoms with E-state index in [1.165, 1.54) is 5.56 Å². The number of rotatable bonds is 6. The normalized spacial score (nSPS) is 14.8. The second-order valence-corrected chi connectivity index (χ2v) is 7.78. The molecule has 2 heterocycles. The molecular weight excluding hydrogens is 390 g/mol. The van der Waals surface area contributed by atoms with E-state index >= 15 is 0 Å². The second-order valence-electron chi connectivity index (χ2n) is 7.78. The number of carbonyl (C=O) groups is 1. The molecule has 31 heavy (non-hydrogen) atoms. The Morgan fingerprint density at radius 2 is 1.81 bits per heavy atom. The van der Waals surface area contributed by atoms with Crippen LogP contribution in [0.2, 0.25) is 0 Å². The van der Waals surface area contributed by atoms with Gasteiger partial charge in [0.25, 0.3) is 0 Å². The molecule has 4 rings (SSSR count). The zero-order valence-corrected chi connectivity index (χ0v) is 17.5. The molecule has 1 amide bonds. The molecule has 7 heteroatoms. The van der Waals surface area contributed by atoms with Crippen LogP contribution in [-0.2, 0) is 11.3 Å². The number of nitriles is 1. The van der Waals surface area contributed by atoms with Gasteiger partial charge >= 0.3 is 0 Å². The highest BCUT2D eigenvalue weighted by Gasteiger charge is 2.19. The molecule has 0 atom stereocenters. The summed E-state index contributed by atoms with van der Waals surface area (Å²) in [7, 11) is 0. The monoisotopic (exact) mass is 415 g/mol. The van der Waals surface area contributed by atoms with Crippen molar-refractivity contribution in [3.63, 3.8) is 0 Å². The number of nitrogens with one attached hydrogen (secondary N) is 1. The van der Waals surface area contributed by atoms with Crippen molar-refractivity contribution in [1.82, 2.24) is 15.0 Å². The van der Waals surface area contributed by atoms with Gasteiger partial charge in [-0.1, -0.05) is 47.6 Å². The van der Waals surface area contributed by atoms with E-state index in [1.807, 2.05) is 24.3 Å². The Balaban J connectivity index is 1.26. The molecule has 1 fully saturated rings. The molecule has 2 aromatic carbocycles. The van der Waals surface area contributed by atoms with Crippen LogP contribution in [0.25, 0.3) is 11.1 Å². The Labute approximate surface area is 181 Å². The number of piperazine rings is 1. The fourth-order valence-corrected chi connectivity index (χ4v) is 3.80. The lowest BCUT2D eigenvalue weighted by atomic mass is 9.99. The first-order valence-electron chi connectivity index (χ1n) is 10.4. The molecule has 1 aliphatic heterocycles. The lowest BCUT2D eigenvalue weighted by Gasteiger charge is -2.34. The number of hydrogen-bond acceptors (Lipinski definition) is 6. The Hall–Kier alpha value is -3.47. The SMILES string of the molecule is Cc1cc(NC(=O)CN2CCN(Cc3ccc(-c4ccccc4C#N)cc3)CC2)no1. The van der Waals surface area contributed by atoms with Crippen molar-refractivity contribution in [2.24, 2.45) is 0 Å². The maximum atomic E-state index is 12.2. The van der Waals surface area contributed by atoms with Gasteiger partial charge in [-0.05, 0) is 29.7 Å². The third-order valence-corrected chi connectivity index (χ3v) is 5.45. The van der Waals surface area contributed by atoms with E-state index in [4.69, 9.17) is 4.52 Å². The highest BCUT2D eigenvalue weighted by molar-refractivity contribution is 5.91. The summed E-state index contributed by atoms with van der Waals surface area (Å²) >= 11 is 0. The maximum absolute atomic E-state index is 12.2. The predicted molar refractivity (Wildman–Crippen MR) is 118 cm³/mol. The van der Waals surface area contributed by atoms with E-state index in [2.05, 4.69) is 50.6 Å². The van der Waals surface area contributed by atoms with Crippen molar-refractivity contribution < 1.29 is 9.32 Å². The first-order chi connectivity index (χ1) is 15.1. The molecule has 0 bridgehead atoms. The van der Waals surface area contributed by atoms with Gasteiger partial charge in [-0.3, -0.25) is 14.6 Å². The number of anilines is 1. The van der Waals surface area contributed by atoms with Gasteiger partial charge in [0.15, 0.2) is 5.82 Å². The smallest absolute Gasteiger partial charge is 0.239 e. The predicted octanol–water partition coefficient (Wildman–Crippen LogP) is 3.28. The van der Waals surface area contributed by atoms with Crippen molar-refractivity contribution in [2.45, 2.75) is 13.5 Å². The minimum absolute atomic E-state index is 0.0741. The molecule has 1 saturated heterocycles. The van der Waals surface area contributed by atoms with Crippen LogP contribution in [0.4, 0.5) is 5.82 Å². The average Bonchev–Trinajstić information content (AvgIpc) is 3.20. The third-order valence-electron chi connectivity index (χ3n) is 5.45. The van der Waals surface area contributed by atoms with E-state index in [-0.39, 0.29) is 5.91 Å². The Morgan fingerprint density at radius 3 is 2.48 bits per heavy atom. The number of amides is 1. The van der Waals surface area contributed by atoms with Crippen LogP contribution in [-0.4, -0.2) is 53.6 Å². The summed E-state index contributed by atoms with van der Waals surface area (Å²) < 4.78 is 4.97. The first-order valence-corrected chi connectivity index (χ1v) is 10.4. The quantitative estimate of drug-likeness (QED) is 0.665. The maximum Gasteiger partial charge on any atom is 0.239 e. The van der Waals surface area contributed by atoms with Gasteiger partial charge in [-0.15, -0.1) is 0 Å². The minimum atomic E-state index is -0.0741. The van der Waals surface area contributed by atoms with E-state index in [0.717, 1.165) is 43.9 Å². The average molecular weight is 415 g/mol. The zero-order valence-electron chi connectivity index (χ0n) is 17.5. The minimum Gasteiger partial charge on any atom is -0.360 e.